The van der Waals surface area contributed by atoms with Crippen molar-refractivity contribution in [1.29, 1.82) is 5.41 Å². The van der Waals surface area contributed by atoms with Gasteiger partial charge in [-0.15, -0.1) is 12.4 Å². The third kappa shape index (κ3) is 8.18. The second kappa shape index (κ2) is 12.5. The molecule has 1 aliphatic heterocycles. The molecule has 9 nitrogen and oxygen atoms in total. The Bertz CT molecular complexity index is 1150. The topological polar surface area (TPSA) is 141 Å². The molecule has 0 bridgehead atoms. The highest BCUT2D eigenvalue weighted by Crippen LogP contribution is 2.27. The van der Waals surface area contributed by atoms with E-state index in [9.17, 15) is 18.8 Å². The Morgan fingerprint density at radius 3 is 2.35 bits per heavy atom. The van der Waals surface area contributed by atoms with E-state index in [2.05, 4.69) is 5.32 Å². The van der Waals surface area contributed by atoms with E-state index in [0.717, 1.165) is 5.56 Å². The Labute approximate surface area is 220 Å². The zero-order chi connectivity index (χ0) is 26.5. The minimum atomic E-state index is -0.716. The summed E-state index contributed by atoms with van der Waals surface area (Å²) in [6, 6.07) is 11.0. The molecule has 1 amide bonds. The number of nitrogens with two attached hydrogens (primary N) is 1. The van der Waals surface area contributed by atoms with E-state index < -0.39 is 41.9 Å². The highest BCUT2D eigenvalue weighted by molar-refractivity contribution is 5.95. The van der Waals surface area contributed by atoms with E-state index in [1.54, 1.807) is 51.1 Å². The number of rotatable bonds is 9. The maximum atomic E-state index is 14.6. The van der Waals surface area contributed by atoms with Crippen LogP contribution in [0.5, 0.6) is 5.75 Å². The molecule has 1 saturated heterocycles. The molecule has 1 aliphatic rings. The molecule has 0 radical (unpaired) electrons. The third-order valence-corrected chi connectivity index (χ3v) is 5.62. The number of esters is 2. The van der Waals surface area contributed by atoms with Crippen molar-refractivity contribution in [1.82, 2.24) is 5.32 Å². The van der Waals surface area contributed by atoms with Crippen LogP contribution >= 0.6 is 12.4 Å². The van der Waals surface area contributed by atoms with Crippen molar-refractivity contribution in [2.75, 3.05) is 13.4 Å². The molecule has 1 fully saturated rings. The molecule has 1 heterocycles. The summed E-state index contributed by atoms with van der Waals surface area (Å²) in [5.74, 6) is -2.66. The lowest BCUT2D eigenvalue weighted by Crippen LogP contribution is -2.31. The van der Waals surface area contributed by atoms with Gasteiger partial charge in [0.2, 0.25) is 12.7 Å². The highest BCUT2D eigenvalue weighted by Gasteiger charge is 2.34. The van der Waals surface area contributed by atoms with Crippen LogP contribution in [-0.2, 0) is 23.9 Å². The molecule has 2 aromatic rings. The maximum absolute atomic E-state index is 14.6. The fourth-order valence-corrected chi connectivity index (χ4v) is 3.57. The summed E-state index contributed by atoms with van der Waals surface area (Å²) < 4.78 is 30.0. The van der Waals surface area contributed by atoms with E-state index in [1.165, 1.54) is 12.1 Å². The quantitative estimate of drug-likeness (QED) is 0.193. The third-order valence-electron chi connectivity index (χ3n) is 5.62. The Balaban J connectivity index is 0.00000481. The molecule has 37 heavy (non-hydrogen) atoms. The average molecular weight is 536 g/mol. The normalized spacial score (nSPS) is 16.8. The van der Waals surface area contributed by atoms with Gasteiger partial charge < -0.3 is 25.3 Å². The Morgan fingerprint density at radius 1 is 1.11 bits per heavy atom. The number of hydrogen-bond donors (Lipinski definition) is 3. The lowest BCUT2D eigenvalue weighted by atomic mass is 9.98. The average Bonchev–Trinajstić information content (AvgIpc) is 3.16. The van der Waals surface area contributed by atoms with Gasteiger partial charge in [0.05, 0.1) is 23.8 Å². The number of hydrogen-bond acceptors (Lipinski definition) is 7. The maximum Gasteiger partial charge on any atom is 0.314 e. The van der Waals surface area contributed by atoms with Gasteiger partial charge in [-0.2, -0.15) is 0 Å². The van der Waals surface area contributed by atoms with Crippen LogP contribution in [0.1, 0.15) is 39.2 Å². The van der Waals surface area contributed by atoms with E-state index in [1.807, 2.05) is 0 Å². The summed E-state index contributed by atoms with van der Waals surface area (Å²) in [4.78, 5) is 35.9. The summed E-state index contributed by atoms with van der Waals surface area (Å²) in [6.45, 7) is 4.56. The zero-order valence-electron chi connectivity index (χ0n) is 20.8. The number of nitrogens with one attached hydrogen (secondary N) is 2. The van der Waals surface area contributed by atoms with Crippen LogP contribution in [0.25, 0.3) is 11.1 Å². The molecule has 0 aliphatic carbocycles. The fourth-order valence-electron chi connectivity index (χ4n) is 3.57. The number of carbonyl (C=O) groups excluding carboxylic acids is 3. The summed E-state index contributed by atoms with van der Waals surface area (Å²) in [5, 5.41) is 10.2. The monoisotopic (exact) mass is 535 g/mol. The largest absolute Gasteiger partial charge is 0.488 e. The first-order valence-corrected chi connectivity index (χ1v) is 11.4. The van der Waals surface area contributed by atoms with Crippen LogP contribution in [0.2, 0.25) is 0 Å². The van der Waals surface area contributed by atoms with Crippen LogP contribution < -0.4 is 15.8 Å². The lowest BCUT2D eigenvalue weighted by Gasteiger charge is -2.16. The minimum absolute atomic E-state index is 0. The standard InChI is InChI=1S/C26H30FN3O6.ClH/c1-26(2,3)25(33)36-14-35-22(31)12-18-10-19(30-24(18)32)13-34-21-9-8-17(11-20(21)27)15-4-6-16(7-5-15)23(28)29;/h4-9,11,18-19H,10,12-14H2,1-3H3,(H3,28,29)(H,30,32);1H/t18-,19-;/m0./s1. The summed E-state index contributed by atoms with van der Waals surface area (Å²) >= 11 is 0. The number of nitrogen functional groups attached to an aromatic ring is 1. The number of carbonyl (C=O) groups is 3. The van der Waals surface area contributed by atoms with Crippen molar-refractivity contribution in [3.8, 4) is 16.9 Å². The van der Waals surface area contributed by atoms with Crippen molar-refractivity contribution in [3.63, 3.8) is 0 Å². The van der Waals surface area contributed by atoms with E-state index in [-0.39, 0.29) is 42.9 Å². The Kier molecular flexibility index (Phi) is 10.0. The number of amides is 1. The van der Waals surface area contributed by atoms with Gasteiger partial charge in [0.1, 0.15) is 12.4 Å². The number of benzene rings is 2. The van der Waals surface area contributed by atoms with E-state index in [0.29, 0.717) is 17.5 Å². The summed E-state index contributed by atoms with van der Waals surface area (Å²) in [7, 11) is 0. The zero-order valence-corrected chi connectivity index (χ0v) is 21.7. The first-order chi connectivity index (χ1) is 16.9. The summed E-state index contributed by atoms with van der Waals surface area (Å²) in [6.07, 6.45) is 0.152. The van der Waals surface area contributed by atoms with E-state index in [4.69, 9.17) is 25.4 Å². The van der Waals surface area contributed by atoms with Crippen molar-refractivity contribution in [2.24, 2.45) is 17.1 Å². The first-order valence-electron chi connectivity index (χ1n) is 11.4. The predicted octanol–water partition coefficient (Wildman–Crippen LogP) is 3.56. The van der Waals surface area contributed by atoms with Crippen LogP contribution in [0, 0.1) is 22.6 Å². The van der Waals surface area contributed by atoms with Gasteiger partial charge in [-0.3, -0.25) is 19.8 Å². The van der Waals surface area contributed by atoms with Crippen LogP contribution in [0.15, 0.2) is 42.5 Å². The molecule has 3 rings (SSSR count). The van der Waals surface area contributed by atoms with Gasteiger partial charge in [-0.25, -0.2) is 4.39 Å². The predicted molar refractivity (Wildman–Crippen MR) is 137 cm³/mol. The lowest BCUT2D eigenvalue weighted by molar-refractivity contribution is -0.173. The molecule has 0 saturated carbocycles. The molecular formula is C26H31ClFN3O6. The van der Waals surface area contributed by atoms with Gasteiger partial charge in [-0.05, 0) is 50.5 Å². The van der Waals surface area contributed by atoms with Crippen molar-refractivity contribution in [2.45, 2.75) is 39.7 Å². The van der Waals surface area contributed by atoms with Gasteiger partial charge in [0.15, 0.2) is 11.6 Å². The number of halogens is 2. The van der Waals surface area contributed by atoms with Crippen LogP contribution in [0.4, 0.5) is 4.39 Å². The molecule has 0 unspecified atom stereocenters. The molecular weight excluding hydrogens is 505 g/mol. The smallest absolute Gasteiger partial charge is 0.314 e. The number of ether oxygens (including phenoxy) is 3. The molecule has 11 heteroatoms. The molecule has 4 N–H and O–H groups in total. The summed E-state index contributed by atoms with van der Waals surface area (Å²) in [5.41, 5.74) is 6.71. The molecule has 0 spiro atoms. The van der Waals surface area contributed by atoms with Gasteiger partial charge in [-0.1, -0.05) is 30.3 Å². The number of amidine groups is 1. The van der Waals surface area contributed by atoms with Gasteiger partial charge in [0, 0.05) is 5.56 Å². The molecule has 0 aromatic heterocycles. The Hall–Kier alpha value is -3.66. The highest BCUT2D eigenvalue weighted by atomic mass is 35.5. The first kappa shape index (κ1) is 29.6. The van der Waals surface area contributed by atoms with Crippen molar-refractivity contribution in [3.05, 3.63) is 53.8 Å². The Morgan fingerprint density at radius 2 is 1.76 bits per heavy atom. The van der Waals surface area contributed by atoms with Crippen molar-refractivity contribution < 1.29 is 33.0 Å². The van der Waals surface area contributed by atoms with Gasteiger partial charge >= 0.3 is 11.9 Å². The fraction of sp³-hybridized carbons (Fsp3) is 0.385. The SMILES string of the molecule is CC(C)(C)C(=O)OCOC(=O)C[C@@H]1C[C@@H](COc2ccc(-c3ccc(C(=N)N)cc3)cc2F)NC1=O.Cl. The molecule has 2 aromatic carbocycles. The minimum Gasteiger partial charge on any atom is -0.488 e. The molecule has 200 valence electrons. The van der Waals surface area contributed by atoms with Crippen molar-refractivity contribution >= 4 is 36.1 Å². The van der Waals surface area contributed by atoms with Crippen LogP contribution in [-0.4, -0.2) is 43.1 Å². The van der Waals surface area contributed by atoms with Crippen LogP contribution in [0.3, 0.4) is 0 Å². The molecule has 2 atom stereocenters. The van der Waals surface area contributed by atoms with Gasteiger partial charge in [0.25, 0.3) is 0 Å². The van der Waals surface area contributed by atoms with E-state index >= 15 is 0 Å². The second-order valence-corrected chi connectivity index (χ2v) is 9.61. The second-order valence-electron chi connectivity index (χ2n) is 9.61.